The van der Waals surface area contributed by atoms with E-state index in [-0.39, 0.29) is 5.91 Å². The Morgan fingerprint density at radius 1 is 1.43 bits per heavy atom. The minimum Gasteiger partial charge on any atom is -0.326 e. The highest BCUT2D eigenvalue weighted by atomic mass is 32.2. The Hall–Kier alpha value is -2.00. The molecule has 0 saturated heterocycles. The van der Waals surface area contributed by atoms with Crippen LogP contribution in [0.4, 0.5) is 0 Å². The summed E-state index contributed by atoms with van der Waals surface area (Å²) in [5.74, 6) is 0.291. The number of amides is 1. The number of aromatic nitrogens is 2. The van der Waals surface area contributed by atoms with Crippen molar-refractivity contribution >= 4 is 23.2 Å². The Labute approximate surface area is 140 Å². The van der Waals surface area contributed by atoms with Crippen molar-refractivity contribution in [2.45, 2.75) is 42.8 Å². The van der Waals surface area contributed by atoms with Crippen molar-refractivity contribution in [2.75, 3.05) is 12.8 Å². The molecular formula is C17H20N4OS. The molecule has 2 heterocycles. The minimum atomic E-state index is -0.620. The van der Waals surface area contributed by atoms with Crippen LogP contribution >= 0.6 is 11.8 Å². The van der Waals surface area contributed by atoms with Crippen molar-refractivity contribution < 1.29 is 4.79 Å². The highest BCUT2D eigenvalue weighted by Gasteiger charge is 2.38. The molecule has 120 valence electrons. The highest BCUT2D eigenvalue weighted by molar-refractivity contribution is 7.99. The number of rotatable bonds is 4. The van der Waals surface area contributed by atoms with E-state index in [1.54, 1.807) is 18.1 Å². The van der Waals surface area contributed by atoms with Gasteiger partial charge in [0.05, 0.1) is 23.5 Å². The van der Waals surface area contributed by atoms with Gasteiger partial charge in [0.1, 0.15) is 5.54 Å². The first-order valence-electron chi connectivity index (χ1n) is 7.89. The number of hydrogen-bond acceptors (Lipinski definition) is 4. The van der Waals surface area contributed by atoms with Gasteiger partial charge in [-0.05, 0) is 25.0 Å². The monoisotopic (exact) mass is 328 g/mol. The lowest BCUT2D eigenvalue weighted by Gasteiger charge is -2.39. The summed E-state index contributed by atoms with van der Waals surface area (Å²) in [6.07, 6.45) is 8.49. The third kappa shape index (κ3) is 3.06. The molecule has 1 aliphatic carbocycles. The fourth-order valence-corrected chi connectivity index (χ4v) is 4.03. The third-order valence-electron chi connectivity index (χ3n) is 4.63. The van der Waals surface area contributed by atoms with Crippen LogP contribution in [-0.4, -0.2) is 38.5 Å². The minimum absolute atomic E-state index is 0.00821. The summed E-state index contributed by atoms with van der Waals surface area (Å²) in [7, 11) is 1.76. The van der Waals surface area contributed by atoms with Gasteiger partial charge in [-0.25, -0.2) is 4.98 Å². The van der Waals surface area contributed by atoms with E-state index in [0.29, 0.717) is 5.75 Å². The molecule has 0 aromatic carbocycles. The van der Waals surface area contributed by atoms with Crippen LogP contribution in [0.5, 0.6) is 0 Å². The molecule has 1 fully saturated rings. The van der Waals surface area contributed by atoms with E-state index >= 15 is 0 Å². The molecular weight excluding hydrogens is 308 g/mol. The molecule has 0 aliphatic heterocycles. The molecule has 0 radical (unpaired) electrons. The summed E-state index contributed by atoms with van der Waals surface area (Å²) in [6, 6.07) is 8.29. The van der Waals surface area contributed by atoms with Crippen molar-refractivity contribution in [3.63, 3.8) is 0 Å². The number of carbonyl (C=O) groups is 1. The van der Waals surface area contributed by atoms with Crippen LogP contribution in [-0.2, 0) is 4.79 Å². The number of nitrogens with zero attached hydrogens (tertiary/aromatic N) is 4. The first-order valence-corrected chi connectivity index (χ1v) is 8.88. The Morgan fingerprint density at radius 3 is 2.96 bits per heavy atom. The van der Waals surface area contributed by atoms with Gasteiger partial charge < -0.3 is 4.90 Å². The zero-order valence-electron chi connectivity index (χ0n) is 13.2. The van der Waals surface area contributed by atoms with Crippen LogP contribution < -0.4 is 0 Å². The van der Waals surface area contributed by atoms with E-state index in [0.717, 1.165) is 42.8 Å². The maximum Gasteiger partial charge on any atom is 0.234 e. The van der Waals surface area contributed by atoms with Crippen molar-refractivity contribution in [1.29, 1.82) is 5.26 Å². The van der Waals surface area contributed by atoms with E-state index in [1.807, 2.05) is 28.8 Å². The van der Waals surface area contributed by atoms with E-state index in [9.17, 15) is 10.1 Å². The number of nitriles is 1. The summed E-state index contributed by atoms with van der Waals surface area (Å²) in [6.45, 7) is 0. The second-order valence-corrected chi connectivity index (χ2v) is 6.92. The summed E-state index contributed by atoms with van der Waals surface area (Å²) < 4.78 is 1.97. The van der Waals surface area contributed by atoms with Gasteiger partial charge in [-0.15, -0.1) is 0 Å². The number of carbonyl (C=O) groups excluding carboxylic acids is 1. The molecule has 3 rings (SSSR count). The molecule has 5 nitrogen and oxygen atoms in total. The predicted octanol–water partition coefficient (Wildman–Crippen LogP) is 3.11. The van der Waals surface area contributed by atoms with Crippen molar-refractivity contribution in [3.8, 4) is 6.07 Å². The highest BCUT2D eigenvalue weighted by Crippen LogP contribution is 2.33. The normalized spacial score (nSPS) is 16.9. The molecule has 6 heteroatoms. The first kappa shape index (κ1) is 15.9. The molecule has 0 bridgehead atoms. The molecule has 1 aliphatic rings. The number of fused-ring (bicyclic) bond motifs is 1. The van der Waals surface area contributed by atoms with Gasteiger partial charge >= 0.3 is 0 Å². The van der Waals surface area contributed by atoms with Gasteiger partial charge in [0.15, 0.2) is 5.16 Å². The Balaban J connectivity index is 1.68. The molecule has 0 atom stereocenters. The van der Waals surface area contributed by atoms with Gasteiger partial charge in [0.25, 0.3) is 0 Å². The number of pyridine rings is 1. The van der Waals surface area contributed by atoms with E-state index < -0.39 is 5.54 Å². The van der Waals surface area contributed by atoms with Crippen molar-refractivity contribution in [1.82, 2.24) is 14.3 Å². The quantitative estimate of drug-likeness (QED) is 0.809. The fraction of sp³-hybridized carbons (Fsp3) is 0.471. The number of imidazole rings is 1. The van der Waals surface area contributed by atoms with Crippen LogP contribution in [0, 0.1) is 11.3 Å². The van der Waals surface area contributed by atoms with Gasteiger partial charge in [0, 0.05) is 13.2 Å². The van der Waals surface area contributed by atoms with Crippen LogP contribution in [0.3, 0.4) is 0 Å². The standard InChI is InChI=1S/C17H20N4OS/c1-20(17(13-18)8-4-2-5-9-17)15(22)12-23-16-19-11-14-7-3-6-10-21(14)16/h3,6-7,10-11H,2,4-5,8-9,12H2,1H3. The van der Waals surface area contributed by atoms with Crippen LogP contribution in [0.15, 0.2) is 35.7 Å². The lowest BCUT2D eigenvalue weighted by Crippen LogP contribution is -2.50. The topological polar surface area (TPSA) is 61.4 Å². The van der Waals surface area contributed by atoms with Crippen LogP contribution in [0.1, 0.15) is 32.1 Å². The largest absolute Gasteiger partial charge is 0.326 e. The maximum absolute atomic E-state index is 12.6. The number of thioether (sulfide) groups is 1. The number of hydrogen-bond donors (Lipinski definition) is 0. The van der Waals surface area contributed by atoms with E-state index in [4.69, 9.17) is 0 Å². The summed E-state index contributed by atoms with van der Waals surface area (Å²) >= 11 is 1.42. The lowest BCUT2D eigenvalue weighted by atomic mass is 9.81. The Morgan fingerprint density at radius 2 is 2.22 bits per heavy atom. The fourth-order valence-electron chi connectivity index (χ4n) is 3.15. The average Bonchev–Trinajstić information content (AvgIpc) is 3.03. The molecule has 2 aromatic heterocycles. The third-order valence-corrected chi connectivity index (χ3v) is 5.59. The van der Waals surface area contributed by atoms with Gasteiger partial charge in [-0.1, -0.05) is 37.1 Å². The summed E-state index contributed by atoms with van der Waals surface area (Å²) in [5, 5.41) is 10.4. The van der Waals surface area contributed by atoms with E-state index in [2.05, 4.69) is 11.1 Å². The molecule has 1 amide bonds. The lowest BCUT2D eigenvalue weighted by molar-refractivity contribution is -0.131. The van der Waals surface area contributed by atoms with Gasteiger partial charge in [-0.2, -0.15) is 5.26 Å². The van der Waals surface area contributed by atoms with Crippen LogP contribution in [0.25, 0.3) is 5.52 Å². The second kappa shape index (κ2) is 6.63. The van der Waals surface area contributed by atoms with Gasteiger partial charge in [-0.3, -0.25) is 9.20 Å². The summed E-state index contributed by atoms with van der Waals surface area (Å²) in [5.41, 5.74) is 0.390. The molecule has 0 spiro atoms. The van der Waals surface area contributed by atoms with Crippen LogP contribution in [0.2, 0.25) is 0 Å². The molecule has 2 aromatic rings. The molecule has 23 heavy (non-hydrogen) atoms. The average molecular weight is 328 g/mol. The van der Waals surface area contributed by atoms with Gasteiger partial charge in [0.2, 0.25) is 5.91 Å². The maximum atomic E-state index is 12.6. The Bertz CT molecular complexity index is 742. The molecule has 1 saturated carbocycles. The smallest absolute Gasteiger partial charge is 0.234 e. The summed E-state index contributed by atoms with van der Waals surface area (Å²) in [4.78, 5) is 18.6. The zero-order valence-corrected chi connectivity index (χ0v) is 14.1. The zero-order chi connectivity index (χ0) is 16.3. The second-order valence-electron chi connectivity index (χ2n) is 5.98. The SMILES string of the molecule is CN(C(=O)CSc1ncc2ccccn12)C1(C#N)CCCCC1. The predicted molar refractivity (Wildman–Crippen MR) is 90.1 cm³/mol. The van der Waals surface area contributed by atoms with Crippen molar-refractivity contribution in [2.24, 2.45) is 0 Å². The molecule has 0 unspecified atom stereocenters. The molecule has 0 N–H and O–H groups in total. The van der Waals surface area contributed by atoms with E-state index in [1.165, 1.54) is 11.8 Å². The first-order chi connectivity index (χ1) is 11.2. The Kier molecular flexibility index (Phi) is 4.58. The van der Waals surface area contributed by atoms with Crippen molar-refractivity contribution in [3.05, 3.63) is 30.6 Å².